The van der Waals surface area contributed by atoms with Gasteiger partial charge in [0.25, 0.3) is 0 Å². The van der Waals surface area contributed by atoms with Gasteiger partial charge in [-0.3, -0.25) is 4.79 Å². The topological polar surface area (TPSA) is 89.6 Å². The quantitative estimate of drug-likeness (QED) is 0.746. The van der Waals surface area contributed by atoms with E-state index < -0.39 is 11.9 Å². The first kappa shape index (κ1) is 12.8. The highest BCUT2D eigenvalue weighted by atomic mass is 16.5. The zero-order valence-corrected chi connectivity index (χ0v) is 9.34. The molecule has 0 unspecified atom stereocenters. The third kappa shape index (κ3) is 3.34. The number of primary amides is 1. The van der Waals surface area contributed by atoms with Gasteiger partial charge < -0.3 is 15.6 Å². The Morgan fingerprint density at radius 2 is 2.06 bits per heavy atom. The Labute approximate surface area is 98.5 Å². The van der Waals surface area contributed by atoms with Gasteiger partial charge in [0.05, 0.1) is 12.2 Å². The second kappa shape index (κ2) is 5.69. The van der Waals surface area contributed by atoms with Gasteiger partial charge in [0, 0.05) is 11.6 Å². The average Bonchev–Trinajstić information content (AvgIpc) is 2.27. The highest BCUT2D eigenvalue weighted by molar-refractivity contribution is 6.20. The van der Waals surface area contributed by atoms with E-state index in [0.29, 0.717) is 17.9 Å². The molecule has 0 spiro atoms. The summed E-state index contributed by atoms with van der Waals surface area (Å²) in [6, 6.07) is 6.58. The van der Waals surface area contributed by atoms with Crippen LogP contribution in [-0.4, -0.2) is 23.6 Å². The SMILES string of the molecule is CCOc1ccccc1/C(=C/C(N)=O)C(=O)O. The predicted molar refractivity (Wildman–Crippen MR) is 62.4 cm³/mol. The largest absolute Gasteiger partial charge is 0.493 e. The van der Waals surface area contributed by atoms with E-state index >= 15 is 0 Å². The third-order valence-electron chi connectivity index (χ3n) is 1.99. The van der Waals surface area contributed by atoms with E-state index in [0.717, 1.165) is 6.08 Å². The lowest BCUT2D eigenvalue weighted by molar-refractivity contribution is -0.130. The molecule has 0 atom stereocenters. The molecule has 0 bridgehead atoms. The monoisotopic (exact) mass is 235 g/mol. The second-order valence-electron chi connectivity index (χ2n) is 3.19. The molecule has 0 saturated carbocycles. The standard InChI is InChI=1S/C12H13NO4/c1-2-17-10-6-4-3-5-8(10)9(12(15)16)7-11(13)14/h3-7H,2H2,1H3,(H2,13,14)(H,15,16)/b9-7-. The van der Waals surface area contributed by atoms with Crippen molar-refractivity contribution in [1.82, 2.24) is 0 Å². The highest BCUT2D eigenvalue weighted by Crippen LogP contribution is 2.26. The summed E-state index contributed by atoms with van der Waals surface area (Å²) >= 11 is 0. The minimum Gasteiger partial charge on any atom is -0.493 e. The van der Waals surface area contributed by atoms with Gasteiger partial charge in [-0.05, 0) is 13.0 Å². The number of carbonyl (C=O) groups is 2. The molecular weight excluding hydrogens is 222 g/mol. The Kier molecular flexibility index (Phi) is 4.28. The van der Waals surface area contributed by atoms with Crippen LogP contribution in [0.25, 0.3) is 5.57 Å². The summed E-state index contributed by atoms with van der Waals surface area (Å²) in [4.78, 5) is 21.9. The zero-order chi connectivity index (χ0) is 12.8. The number of para-hydroxylation sites is 1. The van der Waals surface area contributed by atoms with E-state index in [-0.39, 0.29) is 5.57 Å². The maximum Gasteiger partial charge on any atom is 0.336 e. The van der Waals surface area contributed by atoms with Crippen molar-refractivity contribution in [3.05, 3.63) is 35.9 Å². The number of hydrogen-bond donors (Lipinski definition) is 2. The Balaban J connectivity index is 3.28. The fourth-order valence-corrected chi connectivity index (χ4v) is 1.37. The van der Waals surface area contributed by atoms with Crippen LogP contribution in [0.15, 0.2) is 30.3 Å². The minimum absolute atomic E-state index is 0.179. The average molecular weight is 235 g/mol. The second-order valence-corrected chi connectivity index (χ2v) is 3.19. The molecule has 5 heteroatoms. The number of hydrogen-bond acceptors (Lipinski definition) is 3. The van der Waals surface area contributed by atoms with E-state index in [1.807, 2.05) is 0 Å². The van der Waals surface area contributed by atoms with E-state index in [4.69, 9.17) is 15.6 Å². The van der Waals surface area contributed by atoms with Gasteiger partial charge in [0.2, 0.25) is 5.91 Å². The number of rotatable bonds is 5. The molecule has 0 fully saturated rings. The summed E-state index contributed by atoms with van der Waals surface area (Å²) < 4.78 is 5.29. The van der Waals surface area contributed by atoms with Crippen LogP contribution in [0.5, 0.6) is 5.75 Å². The number of ether oxygens (including phenoxy) is 1. The van der Waals surface area contributed by atoms with E-state index in [1.54, 1.807) is 31.2 Å². The van der Waals surface area contributed by atoms with Crippen LogP contribution in [0.4, 0.5) is 0 Å². The highest BCUT2D eigenvalue weighted by Gasteiger charge is 2.15. The summed E-state index contributed by atoms with van der Waals surface area (Å²) in [7, 11) is 0. The van der Waals surface area contributed by atoms with Crippen molar-refractivity contribution in [2.24, 2.45) is 5.73 Å². The molecule has 0 aromatic heterocycles. The lowest BCUT2D eigenvalue weighted by Gasteiger charge is -2.09. The molecule has 1 amide bonds. The van der Waals surface area contributed by atoms with Crippen molar-refractivity contribution in [1.29, 1.82) is 0 Å². The summed E-state index contributed by atoms with van der Waals surface area (Å²) in [6.45, 7) is 2.19. The lowest BCUT2D eigenvalue weighted by atomic mass is 10.0. The van der Waals surface area contributed by atoms with Crippen molar-refractivity contribution in [3.63, 3.8) is 0 Å². The number of carboxylic acid groups (broad SMARTS) is 1. The normalized spacial score (nSPS) is 11.0. The van der Waals surface area contributed by atoms with Gasteiger partial charge in [0.15, 0.2) is 0 Å². The maximum atomic E-state index is 11.1. The van der Waals surface area contributed by atoms with Gasteiger partial charge >= 0.3 is 5.97 Å². The number of nitrogens with two attached hydrogens (primary N) is 1. The fourth-order valence-electron chi connectivity index (χ4n) is 1.37. The van der Waals surface area contributed by atoms with Crippen molar-refractivity contribution in [2.45, 2.75) is 6.92 Å². The van der Waals surface area contributed by atoms with Crippen LogP contribution >= 0.6 is 0 Å². The van der Waals surface area contributed by atoms with Gasteiger partial charge in [-0.15, -0.1) is 0 Å². The molecule has 0 saturated heterocycles. The minimum atomic E-state index is -1.23. The molecule has 17 heavy (non-hydrogen) atoms. The first-order valence-electron chi connectivity index (χ1n) is 5.03. The Hall–Kier alpha value is -2.30. The lowest BCUT2D eigenvalue weighted by Crippen LogP contribution is -2.11. The molecule has 0 radical (unpaired) electrons. The first-order valence-corrected chi connectivity index (χ1v) is 5.03. The van der Waals surface area contributed by atoms with Gasteiger partial charge in [0.1, 0.15) is 5.75 Å². The Morgan fingerprint density at radius 1 is 1.41 bits per heavy atom. The van der Waals surface area contributed by atoms with Crippen LogP contribution in [0.1, 0.15) is 12.5 Å². The summed E-state index contributed by atoms with van der Waals surface area (Å²) in [5.41, 5.74) is 5.13. The van der Waals surface area contributed by atoms with Crippen LogP contribution in [0.3, 0.4) is 0 Å². The molecule has 0 aliphatic rings. The third-order valence-corrected chi connectivity index (χ3v) is 1.99. The predicted octanol–water partition coefficient (Wildman–Crippen LogP) is 1.04. The van der Waals surface area contributed by atoms with Crippen LogP contribution < -0.4 is 10.5 Å². The summed E-state index contributed by atoms with van der Waals surface area (Å²) in [6.07, 6.45) is 0.875. The van der Waals surface area contributed by atoms with Gasteiger partial charge in [-0.1, -0.05) is 18.2 Å². The van der Waals surface area contributed by atoms with Crippen LogP contribution in [0, 0.1) is 0 Å². The molecule has 0 aliphatic carbocycles. The molecule has 90 valence electrons. The van der Waals surface area contributed by atoms with Crippen molar-refractivity contribution in [2.75, 3.05) is 6.61 Å². The Morgan fingerprint density at radius 3 is 2.59 bits per heavy atom. The smallest absolute Gasteiger partial charge is 0.336 e. The fraction of sp³-hybridized carbons (Fsp3) is 0.167. The molecule has 1 aromatic carbocycles. The van der Waals surface area contributed by atoms with Crippen molar-refractivity contribution < 1.29 is 19.4 Å². The molecule has 1 aromatic rings. The van der Waals surface area contributed by atoms with Gasteiger partial charge in [-0.25, -0.2) is 4.79 Å². The first-order chi connectivity index (χ1) is 8.06. The summed E-state index contributed by atoms with van der Waals surface area (Å²) in [5, 5.41) is 9.04. The number of carboxylic acids is 1. The molecule has 3 N–H and O–H groups in total. The number of amides is 1. The van der Waals surface area contributed by atoms with Gasteiger partial charge in [-0.2, -0.15) is 0 Å². The molecule has 5 nitrogen and oxygen atoms in total. The maximum absolute atomic E-state index is 11.1. The zero-order valence-electron chi connectivity index (χ0n) is 9.34. The molecule has 0 aliphatic heterocycles. The van der Waals surface area contributed by atoms with Crippen molar-refractivity contribution >= 4 is 17.4 Å². The van der Waals surface area contributed by atoms with Crippen LogP contribution in [-0.2, 0) is 9.59 Å². The van der Waals surface area contributed by atoms with E-state index in [1.165, 1.54) is 0 Å². The number of carbonyl (C=O) groups excluding carboxylic acids is 1. The molecular formula is C12H13NO4. The Bertz CT molecular complexity index is 465. The number of aliphatic carboxylic acids is 1. The molecule has 0 heterocycles. The van der Waals surface area contributed by atoms with E-state index in [9.17, 15) is 9.59 Å². The number of benzene rings is 1. The van der Waals surface area contributed by atoms with Crippen molar-refractivity contribution in [3.8, 4) is 5.75 Å². The molecule has 1 rings (SSSR count). The summed E-state index contributed by atoms with van der Waals surface area (Å²) in [5.74, 6) is -1.63. The van der Waals surface area contributed by atoms with Crippen LogP contribution in [0.2, 0.25) is 0 Å². The van der Waals surface area contributed by atoms with E-state index in [2.05, 4.69) is 0 Å².